The molecule has 17 heavy (non-hydrogen) atoms. The molecule has 0 aliphatic heterocycles. The zero-order valence-corrected chi connectivity index (χ0v) is 10.9. The molecule has 0 spiro atoms. The molecule has 0 saturated heterocycles. The van der Waals surface area contributed by atoms with Crippen molar-refractivity contribution in [2.45, 2.75) is 19.8 Å². The largest absolute Gasteiger partial charge is 0.382 e. The van der Waals surface area contributed by atoms with Gasteiger partial charge in [-0.25, -0.2) is 0 Å². The molecule has 0 atom stereocenters. The van der Waals surface area contributed by atoms with E-state index in [2.05, 4.69) is 17.1 Å². The topological polar surface area (TPSA) is 54.7 Å². The number of nitrogens with one attached hydrogen (secondary N) is 1. The van der Waals surface area contributed by atoms with Gasteiger partial charge in [-0.2, -0.15) is 5.10 Å². The van der Waals surface area contributed by atoms with Crippen LogP contribution in [0.25, 0.3) is 11.3 Å². The van der Waals surface area contributed by atoms with Gasteiger partial charge in [0.15, 0.2) is 0 Å². The Bertz CT molecular complexity index is 514. The van der Waals surface area contributed by atoms with Crippen LogP contribution in [0.2, 0.25) is 10.0 Å². The van der Waals surface area contributed by atoms with Crippen LogP contribution in [0.1, 0.15) is 18.9 Å². The first-order valence-electron chi connectivity index (χ1n) is 5.41. The molecular formula is C12H13Cl2N3. The minimum atomic E-state index is 0.540. The molecule has 1 aromatic heterocycles. The summed E-state index contributed by atoms with van der Waals surface area (Å²) < 4.78 is 0. The van der Waals surface area contributed by atoms with Crippen molar-refractivity contribution in [1.82, 2.24) is 10.2 Å². The monoisotopic (exact) mass is 269 g/mol. The van der Waals surface area contributed by atoms with Crippen LogP contribution in [0, 0.1) is 0 Å². The molecule has 0 radical (unpaired) electrons. The molecule has 0 bridgehead atoms. The summed E-state index contributed by atoms with van der Waals surface area (Å²) in [7, 11) is 0. The fourth-order valence-corrected chi connectivity index (χ4v) is 2.35. The van der Waals surface area contributed by atoms with E-state index in [4.69, 9.17) is 28.9 Å². The highest BCUT2D eigenvalue weighted by molar-refractivity contribution is 6.35. The molecule has 0 saturated carbocycles. The fourth-order valence-electron chi connectivity index (χ4n) is 1.82. The maximum Gasteiger partial charge on any atom is 0.149 e. The highest BCUT2D eigenvalue weighted by Crippen LogP contribution is 2.30. The molecule has 2 aromatic rings. The molecule has 0 amide bonds. The lowest BCUT2D eigenvalue weighted by atomic mass is 10.0. The van der Waals surface area contributed by atoms with E-state index in [-0.39, 0.29) is 0 Å². The maximum atomic E-state index is 5.99. The molecule has 90 valence electrons. The summed E-state index contributed by atoms with van der Waals surface area (Å²) in [6.45, 7) is 2.10. The Hall–Kier alpha value is -1.19. The van der Waals surface area contributed by atoms with Gasteiger partial charge in [-0.1, -0.05) is 36.5 Å². The highest BCUT2D eigenvalue weighted by Gasteiger charge is 2.12. The van der Waals surface area contributed by atoms with Crippen LogP contribution in [0.4, 0.5) is 5.82 Å². The van der Waals surface area contributed by atoms with E-state index in [0.29, 0.717) is 15.9 Å². The number of nitrogens with zero attached hydrogens (tertiary/aromatic N) is 1. The highest BCUT2D eigenvalue weighted by atomic mass is 35.5. The zero-order valence-electron chi connectivity index (χ0n) is 9.43. The molecule has 2 rings (SSSR count). The van der Waals surface area contributed by atoms with Crippen LogP contribution in [0.5, 0.6) is 0 Å². The molecule has 3 nitrogen and oxygen atoms in total. The zero-order chi connectivity index (χ0) is 12.4. The number of nitrogen functional groups attached to an aromatic ring is 1. The van der Waals surface area contributed by atoms with Crippen LogP contribution in [0.15, 0.2) is 18.2 Å². The normalized spacial score (nSPS) is 10.8. The number of nitrogens with two attached hydrogens (primary N) is 1. The second-order valence-electron chi connectivity index (χ2n) is 3.87. The third-order valence-electron chi connectivity index (χ3n) is 2.55. The molecule has 5 heteroatoms. The predicted octanol–water partition coefficient (Wildman–Crippen LogP) is 3.92. The second-order valence-corrected chi connectivity index (χ2v) is 4.74. The lowest BCUT2D eigenvalue weighted by Gasteiger charge is -2.04. The number of rotatable bonds is 3. The molecule has 1 aromatic carbocycles. The van der Waals surface area contributed by atoms with Crippen molar-refractivity contribution in [2.24, 2.45) is 0 Å². The van der Waals surface area contributed by atoms with Gasteiger partial charge in [0.1, 0.15) is 5.82 Å². The Morgan fingerprint density at radius 2 is 1.88 bits per heavy atom. The molecular weight excluding hydrogens is 257 g/mol. The maximum absolute atomic E-state index is 5.99. The molecule has 0 unspecified atom stereocenters. The van der Waals surface area contributed by atoms with E-state index < -0.39 is 0 Å². The van der Waals surface area contributed by atoms with E-state index in [1.54, 1.807) is 6.07 Å². The van der Waals surface area contributed by atoms with Crippen molar-refractivity contribution >= 4 is 29.0 Å². The predicted molar refractivity (Wildman–Crippen MR) is 72.5 cm³/mol. The van der Waals surface area contributed by atoms with Crippen LogP contribution in [0.3, 0.4) is 0 Å². The van der Waals surface area contributed by atoms with Gasteiger partial charge in [0.2, 0.25) is 0 Å². The van der Waals surface area contributed by atoms with Crippen LogP contribution in [-0.4, -0.2) is 10.2 Å². The molecule has 0 fully saturated rings. The average Bonchev–Trinajstić information content (AvgIpc) is 2.60. The van der Waals surface area contributed by atoms with Crippen molar-refractivity contribution < 1.29 is 0 Å². The van der Waals surface area contributed by atoms with E-state index in [1.165, 1.54) is 0 Å². The van der Waals surface area contributed by atoms with Gasteiger partial charge < -0.3 is 5.73 Å². The summed E-state index contributed by atoms with van der Waals surface area (Å²) in [6, 6.07) is 5.39. The number of aromatic nitrogens is 2. The number of aromatic amines is 1. The van der Waals surface area contributed by atoms with Gasteiger partial charge in [-0.15, -0.1) is 0 Å². The second kappa shape index (κ2) is 4.98. The summed E-state index contributed by atoms with van der Waals surface area (Å²) in [5.41, 5.74) is 8.66. The number of hydrogen-bond acceptors (Lipinski definition) is 2. The third-order valence-corrected chi connectivity index (χ3v) is 2.99. The smallest absolute Gasteiger partial charge is 0.149 e. The minimum Gasteiger partial charge on any atom is -0.382 e. The number of halogens is 2. The molecule has 3 N–H and O–H groups in total. The van der Waals surface area contributed by atoms with Crippen molar-refractivity contribution in [3.63, 3.8) is 0 Å². The third kappa shape index (κ3) is 2.56. The Morgan fingerprint density at radius 1 is 1.24 bits per heavy atom. The van der Waals surface area contributed by atoms with Gasteiger partial charge in [0.05, 0.1) is 5.69 Å². The Labute approximate surface area is 110 Å². The van der Waals surface area contributed by atoms with Gasteiger partial charge in [0.25, 0.3) is 0 Å². The Balaban J connectivity index is 2.52. The number of anilines is 1. The van der Waals surface area contributed by atoms with Gasteiger partial charge in [-0.05, 0) is 24.6 Å². The summed E-state index contributed by atoms with van der Waals surface area (Å²) in [6.07, 6.45) is 1.88. The van der Waals surface area contributed by atoms with E-state index in [9.17, 15) is 0 Å². The first-order valence-corrected chi connectivity index (χ1v) is 6.16. The van der Waals surface area contributed by atoms with Crippen molar-refractivity contribution in [3.8, 4) is 11.3 Å². The number of benzene rings is 1. The van der Waals surface area contributed by atoms with Gasteiger partial charge in [0, 0.05) is 21.2 Å². The molecule has 1 heterocycles. The lowest BCUT2D eigenvalue weighted by molar-refractivity contribution is 0.927. The van der Waals surface area contributed by atoms with Crippen LogP contribution < -0.4 is 5.73 Å². The summed E-state index contributed by atoms with van der Waals surface area (Å²) >= 11 is 12.0. The molecule has 0 aliphatic rings. The van der Waals surface area contributed by atoms with E-state index in [0.717, 1.165) is 29.7 Å². The first-order chi connectivity index (χ1) is 8.11. The van der Waals surface area contributed by atoms with Crippen LogP contribution in [-0.2, 0) is 6.42 Å². The SMILES string of the molecule is CCCc1c(N)n[nH]c1-c1cc(Cl)cc(Cl)c1. The molecule has 0 aliphatic carbocycles. The van der Waals surface area contributed by atoms with Crippen LogP contribution >= 0.6 is 23.2 Å². The van der Waals surface area contributed by atoms with Crippen molar-refractivity contribution in [2.75, 3.05) is 5.73 Å². The summed E-state index contributed by atoms with van der Waals surface area (Å²) in [5.74, 6) is 0.540. The quantitative estimate of drug-likeness (QED) is 0.888. The Morgan fingerprint density at radius 3 is 2.47 bits per heavy atom. The summed E-state index contributed by atoms with van der Waals surface area (Å²) in [4.78, 5) is 0. The van der Waals surface area contributed by atoms with E-state index >= 15 is 0 Å². The lowest BCUT2D eigenvalue weighted by Crippen LogP contribution is -1.92. The van der Waals surface area contributed by atoms with Crippen molar-refractivity contribution in [3.05, 3.63) is 33.8 Å². The van der Waals surface area contributed by atoms with E-state index in [1.807, 2.05) is 12.1 Å². The fraction of sp³-hybridized carbons (Fsp3) is 0.250. The van der Waals surface area contributed by atoms with Gasteiger partial charge in [-0.3, -0.25) is 5.10 Å². The average molecular weight is 270 g/mol. The number of H-pyrrole nitrogens is 1. The summed E-state index contributed by atoms with van der Waals surface area (Å²) in [5, 5.41) is 8.18. The Kier molecular flexibility index (Phi) is 3.60. The minimum absolute atomic E-state index is 0.540. The standard InChI is InChI=1S/C12H13Cl2N3/c1-2-3-10-11(16-17-12(10)15)7-4-8(13)6-9(14)5-7/h4-6H,2-3H2,1H3,(H3,15,16,17). The van der Waals surface area contributed by atoms with Gasteiger partial charge >= 0.3 is 0 Å². The first kappa shape index (κ1) is 12.3. The number of hydrogen-bond donors (Lipinski definition) is 2. The van der Waals surface area contributed by atoms with Crippen molar-refractivity contribution in [1.29, 1.82) is 0 Å².